The van der Waals surface area contributed by atoms with E-state index in [-0.39, 0.29) is 37.1 Å². The number of nitrogens with one attached hydrogen (secondary N) is 1. The number of methoxy groups -OCH3 is 3. The Balaban J connectivity index is 1.69. The van der Waals surface area contributed by atoms with Crippen LogP contribution >= 0.6 is 0 Å². The SMILES string of the molecule is COc1cccc(Cn2c(=O)[nH]c3cc(F)cc(CC(=O)N(CC(N)=O)Cc4cc(OC)cc(OC)c4)c32)c1. The Hall–Kier alpha value is -4.80. The summed E-state index contributed by atoms with van der Waals surface area (Å²) in [7, 11) is 4.55. The van der Waals surface area contributed by atoms with E-state index in [4.69, 9.17) is 19.9 Å². The van der Waals surface area contributed by atoms with Gasteiger partial charge in [-0.25, -0.2) is 9.18 Å². The van der Waals surface area contributed by atoms with E-state index >= 15 is 0 Å². The van der Waals surface area contributed by atoms with Crippen molar-refractivity contribution in [2.45, 2.75) is 19.5 Å². The predicted molar refractivity (Wildman–Crippen MR) is 142 cm³/mol. The third-order valence-electron chi connectivity index (χ3n) is 6.21. The number of fused-ring (bicyclic) bond motifs is 1. The van der Waals surface area contributed by atoms with Gasteiger partial charge in [-0.15, -0.1) is 0 Å². The molecule has 0 saturated carbocycles. The molecule has 3 aromatic carbocycles. The third kappa shape index (κ3) is 6.38. The number of rotatable bonds is 11. The Morgan fingerprint density at radius 3 is 2.26 bits per heavy atom. The van der Waals surface area contributed by atoms with Gasteiger partial charge in [-0.1, -0.05) is 12.1 Å². The van der Waals surface area contributed by atoms with Crippen molar-refractivity contribution in [2.24, 2.45) is 5.73 Å². The van der Waals surface area contributed by atoms with Gasteiger partial charge < -0.3 is 29.8 Å². The summed E-state index contributed by atoms with van der Waals surface area (Å²) in [5, 5.41) is 0. The van der Waals surface area contributed by atoms with E-state index < -0.39 is 23.3 Å². The van der Waals surface area contributed by atoms with Crippen molar-refractivity contribution in [2.75, 3.05) is 27.9 Å². The topological polar surface area (TPSA) is 129 Å². The fourth-order valence-electron chi connectivity index (χ4n) is 4.47. The summed E-state index contributed by atoms with van der Waals surface area (Å²) in [4.78, 5) is 42.1. The number of hydrogen-bond donors (Lipinski definition) is 2. The van der Waals surface area contributed by atoms with Gasteiger partial charge in [0.1, 0.15) is 23.1 Å². The highest BCUT2D eigenvalue weighted by molar-refractivity contribution is 5.89. The number of aromatic nitrogens is 2. The van der Waals surface area contributed by atoms with Gasteiger partial charge in [0.05, 0.1) is 51.9 Å². The van der Waals surface area contributed by atoms with Crippen molar-refractivity contribution in [3.8, 4) is 17.2 Å². The Morgan fingerprint density at radius 1 is 0.949 bits per heavy atom. The minimum atomic E-state index is -0.709. The molecule has 1 aromatic heterocycles. The quantitative estimate of drug-likeness (QED) is 0.303. The van der Waals surface area contributed by atoms with Crippen molar-refractivity contribution in [1.29, 1.82) is 0 Å². The number of carbonyl (C=O) groups excluding carboxylic acids is 2. The van der Waals surface area contributed by atoms with Crippen LogP contribution in [0.1, 0.15) is 16.7 Å². The van der Waals surface area contributed by atoms with Crippen LogP contribution < -0.4 is 25.6 Å². The molecule has 1 heterocycles. The summed E-state index contributed by atoms with van der Waals surface area (Å²) < 4.78 is 31.9. The van der Waals surface area contributed by atoms with E-state index in [9.17, 15) is 18.8 Å². The molecular formula is C28H29FN4O6. The molecule has 204 valence electrons. The zero-order valence-electron chi connectivity index (χ0n) is 21.8. The molecule has 2 amide bonds. The lowest BCUT2D eigenvalue weighted by Crippen LogP contribution is -2.39. The number of amides is 2. The first kappa shape index (κ1) is 27.2. The van der Waals surface area contributed by atoms with Crippen LogP contribution in [0.3, 0.4) is 0 Å². The summed E-state index contributed by atoms with van der Waals surface area (Å²) >= 11 is 0. The van der Waals surface area contributed by atoms with E-state index in [1.807, 2.05) is 6.07 Å². The number of nitrogens with two attached hydrogens (primary N) is 1. The van der Waals surface area contributed by atoms with Gasteiger partial charge in [-0.3, -0.25) is 14.2 Å². The second kappa shape index (κ2) is 11.7. The molecule has 0 atom stereocenters. The first-order valence-corrected chi connectivity index (χ1v) is 12.0. The number of ether oxygens (including phenoxy) is 3. The molecular weight excluding hydrogens is 507 g/mol. The average molecular weight is 537 g/mol. The number of benzene rings is 3. The molecule has 0 aliphatic carbocycles. The van der Waals surface area contributed by atoms with Crippen LogP contribution in [0.25, 0.3) is 11.0 Å². The molecule has 0 aliphatic heterocycles. The van der Waals surface area contributed by atoms with Gasteiger partial charge in [-0.2, -0.15) is 0 Å². The lowest BCUT2D eigenvalue weighted by Gasteiger charge is -2.22. The molecule has 11 heteroatoms. The van der Waals surface area contributed by atoms with Gasteiger partial charge in [0.15, 0.2) is 0 Å². The maximum absolute atomic E-state index is 14.6. The number of carbonyl (C=O) groups is 2. The van der Waals surface area contributed by atoms with Crippen molar-refractivity contribution in [3.63, 3.8) is 0 Å². The predicted octanol–water partition coefficient (Wildman–Crippen LogP) is 2.60. The van der Waals surface area contributed by atoms with E-state index in [1.54, 1.807) is 43.5 Å². The Labute approximate surface area is 223 Å². The van der Waals surface area contributed by atoms with E-state index in [2.05, 4.69) is 4.98 Å². The monoisotopic (exact) mass is 536 g/mol. The molecule has 0 spiro atoms. The highest BCUT2D eigenvalue weighted by Crippen LogP contribution is 2.25. The first-order chi connectivity index (χ1) is 18.7. The van der Waals surface area contributed by atoms with E-state index in [1.165, 1.54) is 35.8 Å². The largest absolute Gasteiger partial charge is 0.497 e. The van der Waals surface area contributed by atoms with Gasteiger partial charge in [0, 0.05) is 12.6 Å². The van der Waals surface area contributed by atoms with Crippen LogP contribution in [0, 0.1) is 5.82 Å². The van der Waals surface area contributed by atoms with Gasteiger partial charge in [0.2, 0.25) is 11.8 Å². The highest BCUT2D eigenvalue weighted by atomic mass is 19.1. The summed E-state index contributed by atoms with van der Waals surface area (Å²) in [6.07, 6.45) is -0.280. The molecule has 3 N–H and O–H groups in total. The Morgan fingerprint density at radius 2 is 1.62 bits per heavy atom. The average Bonchev–Trinajstić information content (AvgIpc) is 3.22. The number of aromatic amines is 1. The summed E-state index contributed by atoms with van der Waals surface area (Å²) in [6.45, 7) is -0.171. The maximum atomic E-state index is 14.6. The molecule has 0 aliphatic rings. The zero-order chi connectivity index (χ0) is 28.1. The molecule has 0 saturated heterocycles. The minimum Gasteiger partial charge on any atom is -0.497 e. The molecule has 0 radical (unpaired) electrons. The molecule has 4 rings (SSSR count). The van der Waals surface area contributed by atoms with Crippen molar-refractivity contribution in [3.05, 3.63) is 87.6 Å². The molecule has 39 heavy (non-hydrogen) atoms. The Kier molecular flexibility index (Phi) is 8.18. The molecule has 0 bridgehead atoms. The van der Waals surface area contributed by atoms with Crippen LogP contribution in [0.4, 0.5) is 4.39 Å². The fraction of sp³-hybridized carbons (Fsp3) is 0.250. The summed E-state index contributed by atoms with van der Waals surface area (Å²) in [6, 6.07) is 14.7. The number of imidazole rings is 1. The molecule has 4 aromatic rings. The van der Waals surface area contributed by atoms with Crippen molar-refractivity contribution < 1.29 is 28.2 Å². The molecule has 10 nitrogen and oxygen atoms in total. The van der Waals surface area contributed by atoms with Gasteiger partial charge in [-0.05, 0) is 53.1 Å². The smallest absolute Gasteiger partial charge is 0.326 e. The summed E-state index contributed by atoms with van der Waals surface area (Å²) in [5.41, 5.74) is 7.33. The maximum Gasteiger partial charge on any atom is 0.326 e. The lowest BCUT2D eigenvalue weighted by molar-refractivity contribution is -0.135. The lowest BCUT2D eigenvalue weighted by atomic mass is 10.1. The zero-order valence-corrected chi connectivity index (χ0v) is 21.8. The van der Waals surface area contributed by atoms with Gasteiger partial charge in [0.25, 0.3) is 0 Å². The second-order valence-corrected chi connectivity index (χ2v) is 8.94. The van der Waals surface area contributed by atoms with Crippen LogP contribution in [-0.2, 0) is 29.1 Å². The number of H-pyrrole nitrogens is 1. The number of primary amides is 1. The van der Waals surface area contributed by atoms with Crippen molar-refractivity contribution >= 4 is 22.8 Å². The highest BCUT2D eigenvalue weighted by Gasteiger charge is 2.21. The fourth-order valence-corrected chi connectivity index (χ4v) is 4.47. The third-order valence-corrected chi connectivity index (χ3v) is 6.21. The van der Waals surface area contributed by atoms with Crippen LogP contribution in [0.5, 0.6) is 17.2 Å². The normalized spacial score (nSPS) is 10.9. The Bertz CT molecular complexity index is 1560. The minimum absolute atomic E-state index is 0.0253. The number of hydrogen-bond acceptors (Lipinski definition) is 6. The molecule has 0 fully saturated rings. The number of nitrogens with zero attached hydrogens (tertiary/aromatic N) is 2. The van der Waals surface area contributed by atoms with Crippen LogP contribution in [0.15, 0.2) is 59.4 Å². The van der Waals surface area contributed by atoms with Crippen LogP contribution in [0.2, 0.25) is 0 Å². The van der Waals surface area contributed by atoms with Crippen LogP contribution in [-0.4, -0.2) is 54.1 Å². The summed E-state index contributed by atoms with van der Waals surface area (Å²) in [5.74, 6) is -0.159. The van der Waals surface area contributed by atoms with Crippen molar-refractivity contribution in [1.82, 2.24) is 14.5 Å². The molecule has 0 unspecified atom stereocenters. The van der Waals surface area contributed by atoms with E-state index in [0.29, 0.717) is 28.3 Å². The van der Waals surface area contributed by atoms with E-state index in [0.717, 1.165) is 5.56 Å². The number of halogens is 1. The standard InChI is InChI=1S/C28H29FN4O6/c1-37-21-6-4-5-17(7-21)15-33-27-19(10-20(29)12-24(27)31-28(33)36)11-26(35)32(16-25(30)34)14-18-8-22(38-2)13-23(9-18)39-3/h4-10,12-13H,11,14-16H2,1-3H3,(H2,30,34)(H,31,36). The first-order valence-electron chi connectivity index (χ1n) is 12.0. The second-order valence-electron chi connectivity index (χ2n) is 8.94. The van der Waals surface area contributed by atoms with Gasteiger partial charge >= 0.3 is 5.69 Å².